The maximum absolute atomic E-state index is 11.5. The first kappa shape index (κ1) is 16.4. The SMILES string of the molecule is CC(C)NCCC(=O)N[C@@H](CCC(N)=O)C(=O)O. The fourth-order valence-corrected chi connectivity index (χ4v) is 1.28. The van der Waals surface area contributed by atoms with Crippen LogP contribution in [0.1, 0.15) is 33.1 Å². The molecule has 7 nitrogen and oxygen atoms in total. The van der Waals surface area contributed by atoms with Crippen molar-refractivity contribution in [2.45, 2.75) is 45.2 Å². The predicted octanol–water partition coefficient (Wildman–Crippen LogP) is -0.791. The van der Waals surface area contributed by atoms with E-state index in [1.54, 1.807) is 0 Å². The second kappa shape index (κ2) is 8.46. The molecule has 0 aliphatic heterocycles. The van der Waals surface area contributed by atoms with E-state index in [9.17, 15) is 14.4 Å². The highest BCUT2D eigenvalue weighted by Gasteiger charge is 2.20. The number of aliphatic carboxylic acids is 1. The van der Waals surface area contributed by atoms with Gasteiger partial charge in [-0.15, -0.1) is 0 Å². The van der Waals surface area contributed by atoms with Crippen molar-refractivity contribution in [3.63, 3.8) is 0 Å². The van der Waals surface area contributed by atoms with Crippen molar-refractivity contribution in [2.75, 3.05) is 6.54 Å². The van der Waals surface area contributed by atoms with E-state index in [-0.39, 0.29) is 31.2 Å². The van der Waals surface area contributed by atoms with Gasteiger partial charge >= 0.3 is 5.97 Å². The molecule has 18 heavy (non-hydrogen) atoms. The number of carboxylic acids is 1. The smallest absolute Gasteiger partial charge is 0.326 e. The summed E-state index contributed by atoms with van der Waals surface area (Å²) in [6.45, 7) is 4.38. The van der Waals surface area contributed by atoms with Crippen LogP contribution in [-0.2, 0) is 14.4 Å². The third-order valence-corrected chi connectivity index (χ3v) is 2.22. The number of rotatable bonds is 9. The highest BCUT2D eigenvalue weighted by atomic mass is 16.4. The zero-order chi connectivity index (χ0) is 14.1. The first-order valence-electron chi connectivity index (χ1n) is 5.86. The molecule has 0 rings (SSSR count). The number of hydrogen-bond acceptors (Lipinski definition) is 4. The van der Waals surface area contributed by atoms with Crippen LogP contribution in [0.15, 0.2) is 0 Å². The second-order valence-electron chi connectivity index (χ2n) is 4.32. The van der Waals surface area contributed by atoms with Crippen LogP contribution in [0, 0.1) is 0 Å². The van der Waals surface area contributed by atoms with Crippen molar-refractivity contribution in [3.05, 3.63) is 0 Å². The number of amides is 2. The molecule has 5 N–H and O–H groups in total. The van der Waals surface area contributed by atoms with Gasteiger partial charge in [-0.1, -0.05) is 13.8 Å². The van der Waals surface area contributed by atoms with Gasteiger partial charge in [0.15, 0.2) is 0 Å². The summed E-state index contributed by atoms with van der Waals surface area (Å²) in [5.41, 5.74) is 4.93. The summed E-state index contributed by atoms with van der Waals surface area (Å²) < 4.78 is 0. The number of primary amides is 1. The fraction of sp³-hybridized carbons (Fsp3) is 0.727. The largest absolute Gasteiger partial charge is 0.480 e. The molecule has 0 aromatic rings. The zero-order valence-electron chi connectivity index (χ0n) is 10.7. The summed E-state index contributed by atoms with van der Waals surface area (Å²) >= 11 is 0. The Morgan fingerprint density at radius 2 is 1.83 bits per heavy atom. The van der Waals surface area contributed by atoms with Crippen LogP contribution in [0.2, 0.25) is 0 Å². The van der Waals surface area contributed by atoms with E-state index in [2.05, 4.69) is 10.6 Å². The van der Waals surface area contributed by atoms with Gasteiger partial charge in [0, 0.05) is 25.4 Å². The molecule has 0 saturated heterocycles. The van der Waals surface area contributed by atoms with E-state index < -0.39 is 17.9 Å². The third kappa shape index (κ3) is 8.51. The lowest BCUT2D eigenvalue weighted by Crippen LogP contribution is -2.42. The Morgan fingerprint density at radius 1 is 1.22 bits per heavy atom. The summed E-state index contributed by atoms with van der Waals surface area (Å²) in [4.78, 5) is 32.9. The van der Waals surface area contributed by atoms with Crippen LogP contribution in [0.5, 0.6) is 0 Å². The maximum atomic E-state index is 11.5. The van der Waals surface area contributed by atoms with Gasteiger partial charge in [0.25, 0.3) is 0 Å². The Kier molecular flexibility index (Phi) is 7.69. The standard InChI is InChI=1S/C11H21N3O4/c1-7(2)13-6-5-10(16)14-8(11(17)18)3-4-9(12)15/h7-8,13H,3-6H2,1-2H3,(H2,12,15)(H,14,16)(H,17,18)/t8-/m0/s1. The number of carbonyl (C=O) groups is 3. The van der Waals surface area contributed by atoms with Gasteiger partial charge in [-0.2, -0.15) is 0 Å². The van der Waals surface area contributed by atoms with Crippen LogP contribution in [-0.4, -0.2) is 41.5 Å². The Morgan fingerprint density at radius 3 is 2.28 bits per heavy atom. The Labute approximate surface area is 106 Å². The Hall–Kier alpha value is -1.63. The van der Waals surface area contributed by atoms with Crippen LogP contribution >= 0.6 is 0 Å². The minimum atomic E-state index is -1.17. The highest BCUT2D eigenvalue weighted by molar-refractivity contribution is 5.84. The summed E-state index contributed by atoms with van der Waals surface area (Å²) in [6, 6.07) is -0.799. The molecule has 0 bridgehead atoms. The molecule has 104 valence electrons. The lowest BCUT2D eigenvalue weighted by Gasteiger charge is -2.14. The number of carboxylic acid groups (broad SMARTS) is 1. The quantitative estimate of drug-likeness (QED) is 0.432. The van der Waals surface area contributed by atoms with Crippen molar-refractivity contribution in [1.29, 1.82) is 0 Å². The maximum Gasteiger partial charge on any atom is 0.326 e. The number of nitrogens with two attached hydrogens (primary N) is 1. The summed E-state index contributed by atoms with van der Waals surface area (Å²) in [5.74, 6) is -2.11. The van der Waals surface area contributed by atoms with Crippen LogP contribution < -0.4 is 16.4 Å². The summed E-state index contributed by atoms with van der Waals surface area (Å²) in [6.07, 6.45) is 0.133. The number of hydrogen-bond donors (Lipinski definition) is 4. The molecule has 0 aliphatic carbocycles. The van der Waals surface area contributed by atoms with E-state index in [0.717, 1.165) is 0 Å². The van der Waals surface area contributed by atoms with Crippen molar-refractivity contribution in [2.24, 2.45) is 5.73 Å². The number of carbonyl (C=O) groups excluding carboxylic acids is 2. The molecule has 0 spiro atoms. The molecule has 0 unspecified atom stereocenters. The molecule has 0 aliphatic rings. The van der Waals surface area contributed by atoms with Crippen molar-refractivity contribution >= 4 is 17.8 Å². The molecule has 0 aromatic carbocycles. The van der Waals surface area contributed by atoms with E-state index in [1.165, 1.54) is 0 Å². The van der Waals surface area contributed by atoms with Crippen LogP contribution in [0.4, 0.5) is 0 Å². The van der Waals surface area contributed by atoms with Crippen molar-refractivity contribution in [3.8, 4) is 0 Å². The first-order valence-corrected chi connectivity index (χ1v) is 5.86. The molecule has 0 radical (unpaired) electrons. The van der Waals surface area contributed by atoms with E-state index >= 15 is 0 Å². The first-order chi connectivity index (χ1) is 8.32. The lowest BCUT2D eigenvalue weighted by atomic mass is 10.1. The summed E-state index contributed by atoms with van der Waals surface area (Å²) in [7, 11) is 0. The normalized spacial score (nSPS) is 12.2. The van der Waals surface area contributed by atoms with Gasteiger partial charge in [0.2, 0.25) is 11.8 Å². The number of nitrogens with one attached hydrogen (secondary N) is 2. The van der Waals surface area contributed by atoms with E-state index in [4.69, 9.17) is 10.8 Å². The average molecular weight is 259 g/mol. The van der Waals surface area contributed by atoms with Gasteiger partial charge in [0.1, 0.15) is 6.04 Å². The van der Waals surface area contributed by atoms with Gasteiger partial charge in [-0.05, 0) is 6.42 Å². The average Bonchev–Trinajstić information content (AvgIpc) is 2.22. The van der Waals surface area contributed by atoms with Crippen LogP contribution in [0.25, 0.3) is 0 Å². The molecular weight excluding hydrogens is 238 g/mol. The van der Waals surface area contributed by atoms with Gasteiger partial charge in [-0.3, -0.25) is 9.59 Å². The third-order valence-electron chi connectivity index (χ3n) is 2.22. The molecule has 2 amide bonds. The molecule has 0 heterocycles. The van der Waals surface area contributed by atoms with Gasteiger partial charge in [0.05, 0.1) is 0 Å². The van der Waals surface area contributed by atoms with E-state index in [1.807, 2.05) is 13.8 Å². The van der Waals surface area contributed by atoms with Gasteiger partial charge < -0.3 is 21.5 Å². The monoisotopic (exact) mass is 259 g/mol. The molecule has 7 heteroatoms. The molecule has 0 saturated carbocycles. The molecule has 1 atom stereocenters. The second-order valence-corrected chi connectivity index (χ2v) is 4.32. The van der Waals surface area contributed by atoms with E-state index in [0.29, 0.717) is 6.54 Å². The highest BCUT2D eigenvalue weighted by Crippen LogP contribution is 1.98. The summed E-state index contributed by atoms with van der Waals surface area (Å²) in [5, 5.41) is 14.3. The van der Waals surface area contributed by atoms with Crippen molar-refractivity contribution < 1.29 is 19.5 Å². The molecule has 0 fully saturated rings. The van der Waals surface area contributed by atoms with Crippen molar-refractivity contribution in [1.82, 2.24) is 10.6 Å². The minimum absolute atomic E-state index is 0.00795. The Bertz CT molecular complexity index is 305. The van der Waals surface area contributed by atoms with Gasteiger partial charge in [-0.25, -0.2) is 4.79 Å². The zero-order valence-corrected chi connectivity index (χ0v) is 10.7. The molecule has 0 aromatic heterocycles. The Balaban J connectivity index is 4.04. The lowest BCUT2D eigenvalue weighted by molar-refractivity contribution is -0.142. The fourth-order valence-electron chi connectivity index (χ4n) is 1.28. The minimum Gasteiger partial charge on any atom is -0.480 e. The molecular formula is C11H21N3O4. The van der Waals surface area contributed by atoms with Crippen LogP contribution in [0.3, 0.4) is 0 Å². The topological polar surface area (TPSA) is 122 Å². The predicted molar refractivity (Wildman–Crippen MR) is 65.8 cm³/mol.